The zero-order valence-corrected chi connectivity index (χ0v) is 16.6. The first-order valence-electron chi connectivity index (χ1n) is 8.52. The molecule has 3 rings (SSSR count). The fourth-order valence-electron chi connectivity index (χ4n) is 2.49. The van der Waals surface area contributed by atoms with E-state index in [4.69, 9.17) is 27.9 Å². The number of para-hydroxylation sites is 3. The van der Waals surface area contributed by atoms with Gasteiger partial charge in [0.25, 0.3) is 0 Å². The number of alkyl halides is 3. The standard InChI is InChI=1S/C20H14Cl2F3N3O2/c21-12-9-14(22)19(27-10-12)30-17-8-4-3-7-16(17)26-11-18(29)28-15-6-2-1-5-13(15)20(23,24)25/h1-10,26H,11H2,(H,28,29). The van der Waals surface area contributed by atoms with Gasteiger partial charge >= 0.3 is 6.18 Å². The van der Waals surface area contributed by atoms with Crippen LogP contribution in [-0.2, 0) is 11.0 Å². The number of amides is 1. The zero-order valence-electron chi connectivity index (χ0n) is 15.1. The SMILES string of the molecule is O=C(CNc1ccccc1Oc1ncc(Cl)cc1Cl)Nc1ccccc1C(F)(F)F. The van der Waals surface area contributed by atoms with Crippen molar-refractivity contribution in [2.45, 2.75) is 6.18 Å². The number of ether oxygens (including phenoxy) is 1. The summed E-state index contributed by atoms with van der Waals surface area (Å²) in [6.45, 7) is -0.297. The molecule has 0 radical (unpaired) electrons. The maximum absolute atomic E-state index is 13.1. The number of anilines is 2. The lowest BCUT2D eigenvalue weighted by atomic mass is 10.1. The summed E-state index contributed by atoms with van der Waals surface area (Å²) in [6.07, 6.45) is -3.22. The van der Waals surface area contributed by atoms with Crippen molar-refractivity contribution in [1.29, 1.82) is 0 Å². The van der Waals surface area contributed by atoms with E-state index in [1.54, 1.807) is 24.3 Å². The van der Waals surface area contributed by atoms with Gasteiger partial charge in [-0.05, 0) is 30.3 Å². The molecule has 30 heavy (non-hydrogen) atoms. The fourth-order valence-corrected chi connectivity index (χ4v) is 2.91. The Labute approximate surface area is 179 Å². The molecule has 0 bridgehead atoms. The summed E-state index contributed by atoms with van der Waals surface area (Å²) in [5.74, 6) is -0.235. The third-order valence-corrected chi connectivity index (χ3v) is 4.29. The highest BCUT2D eigenvalue weighted by Crippen LogP contribution is 2.35. The summed E-state index contributed by atoms with van der Waals surface area (Å²) in [5.41, 5.74) is -0.825. The van der Waals surface area contributed by atoms with Crippen LogP contribution < -0.4 is 15.4 Å². The van der Waals surface area contributed by atoms with Crippen molar-refractivity contribution >= 4 is 40.5 Å². The van der Waals surface area contributed by atoms with Crippen LogP contribution in [0.3, 0.4) is 0 Å². The highest BCUT2D eigenvalue weighted by Gasteiger charge is 2.33. The van der Waals surface area contributed by atoms with Crippen LogP contribution in [-0.4, -0.2) is 17.4 Å². The van der Waals surface area contributed by atoms with Crippen LogP contribution in [0, 0.1) is 0 Å². The van der Waals surface area contributed by atoms with Gasteiger partial charge in [0, 0.05) is 6.20 Å². The Morgan fingerprint density at radius 2 is 1.70 bits per heavy atom. The van der Waals surface area contributed by atoms with Crippen LogP contribution in [0.1, 0.15) is 5.56 Å². The minimum absolute atomic E-state index is 0.110. The number of pyridine rings is 1. The largest absolute Gasteiger partial charge is 0.435 e. The fraction of sp³-hybridized carbons (Fsp3) is 0.100. The molecule has 156 valence electrons. The van der Waals surface area contributed by atoms with E-state index in [0.717, 1.165) is 6.07 Å². The highest BCUT2D eigenvalue weighted by molar-refractivity contribution is 6.35. The Morgan fingerprint density at radius 3 is 2.40 bits per heavy atom. The Balaban J connectivity index is 1.69. The van der Waals surface area contributed by atoms with E-state index in [-0.39, 0.29) is 23.1 Å². The molecule has 2 N–H and O–H groups in total. The summed E-state index contributed by atoms with van der Waals surface area (Å²) in [6, 6.07) is 12.9. The van der Waals surface area contributed by atoms with Crippen LogP contribution in [0.5, 0.6) is 11.6 Å². The molecule has 0 aliphatic heterocycles. The van der Waals surface area contributed by atoms with Crippen LogP contribution >= 0.6 is 23.2 Å². The van der Waals surface area contributed by atoms with Gasteiger partial charge in [-0.15, -0.1) is 0 Å². The average Bonchev–Trinajstić information content (AvgIpc) is 2.69. The van der Waals surface area contributed by atoms with E-state index < -0.39 is 17.6 Å². The first-order valence-corrected chi connectivity index (χ1v) is 9.27. The van der Waals surface area contributed by atoms with Gasteiger partial charge in [0.2, 0.25) is 11.8 Å². The van der Waals surface area contributed by atoms with Crippen molar-refractivity contribution in [1.82, 2.24) is 4.98 Å². The molecular weight excluding hydrogens is 442 g/mol. The molecule has 1 amide bonds. The molecule has 2 aromatic carbocycles. The first-order chi connectivity index (χ1) is 14.2. The zero-order chi connectivity index (χ0) is 21.7. The average molecular weight is 456 g/mol. The minimum atomic E-state index is -4.58. The lowest BCUT2D eigenvalue weighted by Crippen LogP contribution is -2.23. The number of hydrogen-bond acceptors (Lipinski definition) is 4. The Kier molecular flexibility index (Phi) is 6.69. The van der Waals surface area contributed by atoms with Crippen molar-refractivity contribution in [3.63, 3.8) is 0 Å². The van der Waals surface area contributed by atoms with Crippen molar-refractivity contribution in [2.24, 2.45) is 0 Å². The van der Waals surface area contributed by atoms with E-state index >= 15 is 0 Å². The minimum Gasteiger partial charge on any atom is -0.435 e. The lowest BCUT2D eigenvalue weighted by Gasteiger charge is -2.15. The Bertz CT molecular complexity index is 1060. The second-order valence-electron chi connectivity index (χ2n) is 5.98. The molecule has 0 aliphatic rings. The monoisotopic (exact) mass is 455 g/mol. The topological polar surface area (TPSA) is 63.2 Å². The van der Waals surface area contributed by atoms with Gasteiger partial charge in [-0.3, -0.25) is 4.79 Å². The number of carbonyl (C=O) groups excluding carboxylic acids is 1. The molecule has 0 saturated heterocycles. The number of benzene rings is 2. The highest BCUT2D eigenvalue weighted by atomic mass is 35.5. The first kappa shape index (κ1) is 21.7. The quantitative estimate of drug-likeness (QED) is 0.460. The van der Waals surface area contributed by atoms with Gasteiger partial charge in [0.1, 0.15) is 5.02 Å². The van der Waals surface area contributed by atoms with Crippen molar-refractivity contribution in [2.75, 3.05) is 17.2 Å². The molecule has 0 atom stereocenters. The predicted octanol–water partition coefficient (Wildman–Crippen LogP) is 6.25. The van der Waals surface area contributed by atoms with E-state index in [1.165, 1.54) is 30.5 Å². The molecule has 0 saturated carbocycles. The van der Waals surface area contributed by atoms with E-state index in [2.05, 4.69) is 15.6 Å². The second-order valence-corrected chi connectivity index (χ2v) is 6.83. The van der Waals surface area contributed by atoms with E-state index in [9.17, 15) is 18.0 Å². The van der Waals surface area contributed by atoms with E-state index in [1.807, 2.05) is 0 Å². The number of nitrogens with zero attached hydrogens (tertiary/aromatic N) is 1. The van der Waals surface area contributed by atoms with E-state index in [0.29, 0.717) is 16.5 Å². The maximum Gasteiger partial charge on any atom is 0.418 e. The van der Waals surface area contributed by atoms with Crippen LogP contribution in [0.4, 0.5) is 24.5 Å². The maximum atomic E-state index is 13.1. The molecule has 0 unspecified atom stereocenters. The molecule has 5 nitrogen and oxygen atoms in total. The van der Waals surface area contributed by atoms with Gasteiger partial charge in [-0.2, -0.15) is 13.2 Å². The molecular formula is C20H14Cl2F3N3O2. The molecule has 0 aliphatic carbocycles. The van der Waals surface area contributed by atoms with Gasteiger partial charge < -0.3 is 15.4 Å². The number of carbonyl (C=O) groups is 1. The molecule has 1 aromatic heterocycles. The normalized spacial score (nSPS) is 11.1. The number of halogens is 5. The molecule has 0 fully saturated rings. The summed E-state index contributed by atoms with van der Waals surface area (Å²) >= 11 is 11.9. The van der Waals surface area contributed by atoms with Crippen molar-refractivity contribution < 1.29 is 22.7 Å². The number of hydrogen-bond donors (Lipinski definition) is 2. The molecule has 10 heteroatoms. The number of rotatable bonds is 6. The third-order valence-electron chi connectivity index (χ3n) is 3.81. The Hall–Kier alpha value is -2.97. The summed E-state index contributed by atoms with van der Waals surface area (Å²) in [5, 5.41) is 5.62. The molecule has 3 aromatic rings. The van der Waals surface area contributed by atoms with Crippen molar-refractivity contribution in [3.05, 3.63) is 76.4 Å². The van der Waals surface area contributed by atoms with Gasteiger partial charge in [0.05, 0.1) is 28.5 Å². The summed E-state index contributed by atoms with van der Waals surface area (Å²) in [4.78, 5) is 16.2. The van der Waals surface area contributed by atoms with Crippen LogP contribution in [0.15, 0.2) is 60.8 Å². The van der Waals surface area contributed by atoms with Crippen LogP contribution in [0.2, 0.25) is 10.0 Å². The Morgan fingerprint density at radius 1 is 1.03 bits per heavy atom. The smallest absolute Gasteiger partial charge is 0.418 e. The van der Waals surface area contributed by atoms with Crippen molar-refractivity contribution in [3.8, 4) is 11.6 Å². The van der Waals surface area contributed by atoms with Gasteiger partial charge in [-0.1, -0.05) is 47.5 Å². The predicted molar refractivity (Wildman–Crippen MR) is 109 cm³/mol. The summed E-state index contributed by atoms with van der Waals surface area (Å²) < 4.78 is 44.8. The molecule has 0 spiro atoms. The van der Waals surface area contributed by atoms with Gasteiger partial charge in [0.15, 0.2) is 5.75 Å². The second kappa shape index (κ2) is 9.23. The lowest BCUT2D eigenvalue weighted by molar-refractivity contribution is -0.137. The third kappa shape index (κ3) is 5.55. The molecule has 1 heterocycles. The number of nitrogens with one attached hydrogen (secondary N) is 2. The number of aromatic nitrogens is 1. The van der Waals surface area contributed by atoms with Crippen LogP contribution in [0.25, 0.3) is 0 Å². The van der Waals surface area contributed by atoms with Gasteiger partial charge in [-0.25, -0.2) is 4.98 Å². The summed E-state index contributed by atoms with van der Waals surface area (Å²) in [7, 11) is 0.